The molecule has 20 heavy (non-hydrogen) atoms. The Morgan fingerprint density at radius 1 is 1.40 bits per heavy atom. The van der Waals surface area contributed by atoms with Crippen LogP contribution in [-0.4, -0.2) is 59.8 Å². The Morgan fingerprint density at radius 3 is 2.65 bits per heavy atom. The van der Waals surface area contributed by atoms with Gasteiger partial charge in [-0.15, -0.1) is 0 Å². The lowest BCUT2D eigenvalue weighted by molar-refractivity contribution is -0.000431. The SMILES string of the molecule is CCCN(CC)C(O)CCCCN=C(N)N1CC(C)C1. The average molecular weight is 284 g/mol. The van der Waals surface area contributed by atoms with E-state index in [0.717, 1.165) is 64.3 Å². The minimum absolute atomic E-state index is 0.308. The summed E-state index contributed by atoms with van der Waals surface area (Å²) >= 11 is 0. The molecule has 1 heterocycles. The molecule has 5 nitrogen and oxygen atoms in total. The zero-order valence-corrected chi connectivity index (χ0v) is 13.4. The molecule has 3 N–H and O–H groups in total. The van der Waals surface area contributed by atoms with Crippen LogP contribution in [0.1, 0.15) is 46.5 Å². The summed E-state index contributed by atoms with van der Waals surface area (Å²) < 4.78 is 0. The van der Waals surface area contributed by atoms with Gasteiger partial charge in [0.1, 0.15) is 6.23 Å². The Bertz CT molecular complexity index is 290. The van der Waals surface area contributed by atoms with Gasteiger partial charge in [-0.1, -0.05) is 20.8 Å². The van der Waals surface area contributed by atoms with Crippen molar-refractivity contribution in [3.8, 4) is 0 Å². The monoisotopic (exact) mass is 284 g/mol. The molecule has 5 heteroatoms. The number of unbranched alkanes of at least 4 members (excludes halogenated alkanes) is 1. The van der Waals surface area contributed by atoms with Crippen molar-refractivity contribution in [1.29, 1.82) is 0 Å². The maximum Gasteiger partial charge on any atom is 0.191 e. The van der Waals surface area contributed by atoms with Crippen molar-refractivity contribution in [3.63, 3.8) is 0 Å². The quantitative estimate of drug-likeness (QED) is 0.291. The number of hydrogen-bond donors (Lipinski definition) is 2. The van der Waals surface area contributed by atoms with Crippen molar-refractivity contribution in [2.75, 3.05) is 32.7 Å². The molecule has 0 aromatic heterocycles. The number of aliphatic hydroxyl groups excluding tert-OH is 1. The van der Waals surface area contributed by atoms with E-state index in [-0.39, 0.29) is 6.23 Å². The van der Waals surface area contributed by atoms with Gasteiger partial charge in [0.2, 0.25) is 0 Å². The molecular formula is C15H32N4O. The van der Waals surface area contributed by atoms with Gasteiger partial charge < -0.3 is 15.7 Å². The van der Waals surface area contributed by atoms with E-state index in [0.29, 0.717) is 5.96 Å². The Balaban J connectivity index is 2.10. The molecule has 0 radical (unpaired) electrons. The number of aliphatic imine (C=N–C) groups is 1. The van der Waals surface area contributed by atoms with Crippen molar-refractivity contribution >= 4 is 5.96 Å². The standard InChI is InChI=1S/C15H32N4O/c1-4-10-18(5-2)14(20)8-6-7-9-17-15(16)19-11-13(3)12-19/h13-14,20H,4-12H2,1-3H3,(H2,16,17). The van der Waals surface area contributed by atoms with Crippen LogP contribution in [0.4, 0.5) is 0 Å². The molecule has 1 unspecified atom stereocenters. The molecule has 1 saturated heterocycles. The fraction of sp³-hybridized carbons (Fsp3) is 0.933. The smallest absolute Gasteiger partial charge is 0.191 e. The number of nitrogens with two attached hydrogens (primary N) is 1. The summed E-state index contributed by atoms with van der Waals surface area (Å²) in [6, 6.07) is 0. The van der Waals surface area contributed by atoms with Crippen LogP contribution in [0.25, 0.3) is 0 Å². The zero-order chi connectivity index (χ0) is 15.0. The van der Waals surface area contributed by atoms with Crippen molar-refractivity contribution in [2.45, 2.75) is 52.7 Å². The molecule has 0 spiro atoms. The molecule has 0 aromatic rings. The molecule has 1 aliphatic heterocycles. The first-order valence-electron chi connectivity index (χ1n) is 8.05. The van der Waals surface area contributed by atoms with Gasteiger partial charge in [-0.2, -0.15) is 0 Å². The second kappa shape index (κ2) is 9.19. The van der Waals surface area contributed by atoms with Gasteiger partial charge in [0.05, 0.1) is 0 Å². The van der Waals surface area contributed by atoms with Gasteiger partial charge in [0.25, 0.3) is 0 Å². The molecule has 0 amide bonds. The highest BCUT2D eigenvalue weighted by molar-refractivity contribution is 5.78. The van der Waals surface area contributed by atoms with Crippen LogP contribution in [-0.2, 0) is 0 Å². The molecule has 1 atom stereocenters. The lowest BCUT2D eigenvalue weighted by atomic mass is 10.0. The summed E-state index contributed by atoms with van der Waals surface area (Å²) in [5.41, 5.74) is 5.91. The van der Waals surface area contributed by atoms with Crippen LogP contribution in [0.2, 0.25) is 0 Å². The van der Waals surface area contributed by atoms with Gasteiger partial charge in [-0.05, 0) is 38.1 Å². The van der Waals surface area contributed by atoms with E-state index in [4.69, 9.17) is 5.73 Å². The van der Waals surface area contributed by atoms with Crippen LogP contribution < -0.4 is 5.73 Å². The molecule has 0 aliphatic carbocycles. The van der Waals surface area contributed by atoms with Crippen molar-refractivity contribution in [1.82, 2.24) is 9.80 Å². The van der Waals surface area contributed by atoms with Crippen LogP contribution in [0.3, 0.4) is 0 Å². The fourth-order valence-corrected chi connectivity index (χ4v) is 2.61. The largest absolute Gasteiger partial charge is 0.378 e. The summed E-state index contributed by atoms with van der Waals surface area (Å²) in [5.74, 6) is 1.43. The van der Waals surface area contributed by atoms with Crippen molar-refractivity contribution in [2.24, 2.45) is 16.6 Å². The van der Waals surface area contributed by atoms with Crippen LogP contribution in [0.5, 0.6) is 0 Å². The molecule has 1 rings (SSSR count). The Hall–Kier alpha value is -0.810. The van der Waals surface area contributed by atoms with Crippen LogP contribution in [0.15, 0.2) is 4.99 Å². The Labute approximate surface area is 123 Å². The topological polar surface area (TPSA) is 65.1 Å². The predicted octanol–water partition coefficient (Wildman–Crippen LogP) is 1.47. The Morgan fingerprint density at radius 2 is 2.10 bits per heavy atom. The van der Waals surface area contributed by atoms with E-state index in [1.807, 2.05) is 0 Å². The summed E-state index contributed by atoms with van der Waals surface area (Å²) in [5, 5.41) is 10.1. The molecule has 0 bridgehead atoms. The number of likely N-dealkylation sites (tertiary alicyclic amines) is 1. The minimum atomic E-state index is -0.308. The molecule has 0 saturated carbocycles. The van der Waals surface area contributed by atoms with Gasteiger partial charge in [-0.3, -0.25) is 9.89 Å². The normalized spacial score (nSPS) is 18.4. The molecule has 0 aromatic carbocycles. The fourth-order valence-electron chi connectivity index (χ4n) is 2.61. The zero-order valence-electron chi connectivity index (χ0n) is 13.4. The summed E-state index contributed by atoms with van der Waals surface area (Å²) in [6.07, 6.45) is 3.58. The highest BCUT2D eigenvalue weighted by Gasteiger charge is 2.23. The minimum Gasteiger partial charge on any atom is -0.378 e. The average Bonchev–Trinajstić information content (AvgIpc) is 2.40. The van der Waals surface area contributed by atoms with Gasteiger partial charge in [0.15, 0.2) is 5.96 Å². The maximum absolute atomic E-state index is 10.1. The van der Waals surface area contributed by atoms with E-state index >= 15 is 0 Å². The summed E-state index contributed by atoms with van der Waals surface area (Å²) in [7, 11) is 0. The lowest BCUT2D eigenvalue weighted by Crippen LogP contribution is -2.52. The first-order chi connectivity index (χ1) is 9.58. The first kappa shape index (κ1) is 17.2. The lowest BCUT2D eigenvalue weighted by Gasteiger charge is -2.37. The van der Waals surface area contributed by atoms with E-state index < -0.39 is 0 Å². The van der Waals surface area contributed by atoms with Gasteiger partial charge >= 0.3 is 0 Å². The maximum atomic E-state index is 10.1. The van der Waals surface area contributed by atoms with E-state index in [1.54, 1.807) is 0 Å². The first-order valence-corrected chi connectivity index (χ1v) is 8.05. The highest BCUT2D eigenvalue weighted by atomic mass is 16.3. The summed E-state index contributed by atoms with van der Waals surface area (Å²) in [4.78, 5) is 8.65. The van der Waals surface area contributed by atoms with E-state index in [1.165, 1.54) is 0 Å². The van der Waals surface area contributed by atoms with Crippen LogP contribution in [0, 0.1) is 5.92 Å². The highest BCUT2D eigenvalue weighted by Crippen LogP contribution is 2.13. The van der Waals surface area contributed by atoms with Gasteiger partial charge in [-0.25, -0.2) is 0 Å². The van der Waals surface area contributed by atoms with E-state index in [2.05, 4.69) is 35.6 Å². The molecule has 1 fully saturated rings. The van der Waals surface area contributed by atoms with E-state index in [9.17, 15) is 5.11 Å². The van der Waals surface area contributed by atoms with Crippen LogP contribution >= 0.6 is 0 Å². The second-order valence-electron chi connectivity index (χ2n) is 5.86. The summed E-state index contributed by atoms with van der Waals surface area (Å²) in [6.45, 7) is 11.2. The predicted molar refractivity (Wildman–Crippen MR) is 84.6 cm³/mol. The Kier molecular flexibility index (Phi) is 7.92. The number of hydrogen-bond acceptors (Lipinski definition) is 3. The third-order valence-corrected chi connectivity index (χ3v) is 3.87. The second-order valence-corrected chi connectivity index (χ2v) is 5.86. The number of nitrogens with zero attached hydrogens (tertiary/aromatic N) is 3. The number of guanidine groups is 1. The number of rotatable bonds is 9. The third-order valence-electron chi connectivity index (χ3n) is 3.87. The molecule has 118 valence electrons. The third kappa shape index (κ3) is 5.67. The molecule has 1 aliphatic rings. The van der Waals surface area contributed by atoms with Gasteiger partial charge in [0, 0.05) is 26.2 Å². The van der Waals surface area contributed by atoms with Crippen molar-refractivity contribution < 1.29 is 5.11 Å². The number of aliphatic hydroxyl groups is 1. The molecular weight excluding hydrogens is 252 g/mol. The van der Waals surface area contributed by atoms with Crippen molar-refractivity contribution in [3.05, 3.63) is 0 Å².